The highest BCUT2D eigenvalue weighted by molar-refractivity contribution is 6.42. The summed E-state index contributed by atoms with van der Waals surface area (Å²) >= 11 is 12.2. The highest BCUT2D eigenvalue weighted by Crippen LogP contribution is 2.44. The van der Waals surface area contributed by atoms with Crippen LogP contribution in [-0.2, 0) is 9.59 Å². The van der Waals surface area contributed by atoms with E-state index in [4.69, 9.17) is 23.2 Å². The Balaban J connectivity index is 1.90. The number of hydrogen-bond acceptors (Lipinski definition) is 3. The lowest BCUT2D eigenvalue weighted by Crippen LogP contribution is -2.40. The largest absolute Gasteiger partial charge is 0.294 e. The van der Waals surface area contributed by atoms with Gasteiger partial charge >= 0.3 is 0 Å². The van der Waals surface area contributed by atoms with Crippen molar-refractivity contribution in [2.24, 2.45) is 0 Å². The summed E-state index contributed by atoms with van der Waals surface area (Å²) in [5, 5.41) is 10.3. The summed E-state index contributed by atoms with van der Waals surface area (Å²) in [6.07, 6.45) is 1.90. The average Bonchev–Trinajstić information content (AvgIpc) is 2.69. The summed E-state index contributed by atoms with van der Waals surface area (Å²) in [6, 6.07) is 14.4. The Morgan fingerprint density at radius 2 is 1.82 bits per heavy atom. The third-order valence-corrected chi connectivity index (χ3v) is 6.03. The molecule has 28 heavy (non-hydrogen) atoms. The standard InChI is InChI=1S/C22H16Cl2N2O2/c23-16-9-8-13(10-17(16)24)15-11-21(28)26(18-5-2-1-4-14(18)12-25)19-6-3-7-20(27)22(15)19/h1-2,4-5,8-10,15H,3,6-7,11H2. The quantitative estimate of drug-likeness (QED) is 0.666. The Kier molecular flexibility index (Phi) is 4.97. The molecular weight excluding hydrogens is 395 g/mol. The Morgan fingerprint density at radius 3 is 2.57 bits per heavy atom. The molecule has 1 heterocycles. The molecule has 1 aliphatic carbocycles. The molecule has 2 aliphatic rings. The first-order valence-corrected chi connectivity index (χ1v) is 9.80. The third kappa shape index (κ3) is 3.11. The van der Waals surface area contributed by atoms with Gasteiger partial charge in [0.1, 0.15) is 6.07 Å². The van der Waals surface area contributed by atoms with Gasteiger partial charge in [-0.25, -0.2) is 0 Å². The van der Waals surface area contributed by atoms with Crippen LogP contribution in [0.1, 0.15) is 42.7 Å². The van der Waals surface area contributed by atoms with Crippen molar-refractivity contribution in [3.05, 3.63) is 74.9 Å². The molecule has 2 aromatic carbocycles. The molecular formula is C22H16Cl2N2O2. The van der Waals surface area contributed by atoms with Gasteiger partial charge in [-0.05, 0) is 42.7 Å². The molecule has 0 bridgehead atoms. The number of hydrogen-bond donors (Lipinski definition) is 0. The summed E-state index contributed by atoms with van der Waals surface area (Å²) in [6.45, 7) is 0. The van der Waals surface area contributed by atoms with Gasteiger partial charge in [-0.1, -0.05) is 41.4 Å². The molecule has 0 saturated heterocycles. The molecule has 0 radical (unpaired) electrons. The first-order valence-electron chi connectivity index (χ1n) is 9.04. The minimum atomic E-state index is -0.351. The van der Waals surface area contributed by atoms with E-state index in [2.05, 4.69) is 6.07 Å². The van der Waals surface area contributed by atoms with E-state index in [1.165, 1.54) is 0 Å². The molecule has 1 amide bonds. The number of anilines is 1. The molecule has 1 aliphatic heterocycles. The van der Waals surface area contributed by atoms with Crippen molar-refractivity contribution >= 4 is 40.6 Å². The summed E-state index contributed by atoms with van der Waals surface area (Å²) in [4.78, 5) is 27.6. The number of ketones is 1. The van der Waals surface area contributed by atoms with E-state index in [9.17, 15) is 14.9 Å². The van der Waals surface area contributed by atoms with E-state index in [0.717, 1.165) is 5.56 Å². The monoisotopic (exact) mass is 410 g/mol. The van der Waals surface area contributed by atoms with Crippen molar-refractivity contribution in [3.8, 4) is 6.07 Å². The molecule has 1 atom stereocenters. The van der Waals surface area contributed by atoms with Gasteiger partial charge < -0.3 is 0 Å². The van der Waals surface area contributed by atoms with Gasteiger partial charge in [0.2, 0.25) is 5.91 Å². The van der Waals surface area contributed by atoms with Crippen LogP contribution in [0.4, 0.5) is 5.69 Å². The van der Waals surface area contributed by atoms with Crippen molar-refractivity contribution in [2.75, 3.05) is 4.90 Å². The van der Waals surface area contributed by atoms with E-state index in [1.807, 2.05) is 6.07 Å². The summed E-state index contributed by atoms with van der Waals surface area (Å²) in [5.74, 6) is -0.438. The number of carbonyl (C=O) groups excluding carboxylic acids is 2. The minimum absolute atomic E-state index is 0.0456. The summed E-state index contributed by atoms with van der Waals surface area (Å²) < 4.78 is 0. The van der Waals surface area contributed by atoms with Crippen molar-refractivity contribution in [1.29, 1.82) is 5.26 Å². The smallest absolute Gasteiger partial charge is 0.232 e. The molecule has 140 valence electrons. The zero-order chi connectivity index (χ0) is 19.8. The van der Waals surface area contributed by atoms with Crippen LogP contribution in [0.3, 0.4) is 0 Å². The third-order valence-electron chi connectivity index (χ3n) is 5.29. The molecule has 0 spiro atoms. The number of para-hydroxylation sites is 1. The Labute approximate surface area is 173 Å². The topological polar surface area (TPSA) is 61.2 Å². The predicted molar refractivity (Wildman–Crippen MR) is 108 cm³/mol. The first kappa shape index (κ1) is 18.7. The van der Waals surface area contributed by atoms with Crippen LogP contribution in [0.15, 0.2) is 53.7 Å². The second-order valence-electron chi connectivity index (χ2n) is 6.93. The van der Waals surface area contributed by atoms with Gasteiger partial charge in [0.25, 0.3) is 0 Å². The fourth-order valence-electron chi connectivity index (χ4n) is 4.05. The van der Waals surface area contributed by atoms with Crippen molar-refractivity contribution in [3.63, 3.8) is 0 Å². The lowest BCUT2D eigenvalue weighted by Gasteiger charge is -2.38. The summed E-state index contributed by atoms with van der Waals surface area (Å²) in [5.41, 5.74) is 3.10. The number of benzene rings is 2. The van der Waals surface area contributed by atoms with Crippen LogP contribution >= 0.6 is 23.2 Å². The second-order valence-corrected chi connectivity index (χ2v) is 7.74. The van der Waals surface area contributed by atoms with E-state index in [-0.39, 0.29) is 24.0 Å². The molecule has 4 rings (SSSR count). The van der Waals surface area contributed by atoms with Crippen LogP contribution in [0, 0.1) is 11.3 Å². The molecule has 0 saturated carbocycles. The number of nitrogens with zero attached hydrogens (tertiary/aromatic N) is 2. The maximum absolute atomic E-state index is 13.2. The average molecular weight is 411 g/mol. The zero-order valence-corrected chi connectivity index (χ0v) is 16.4. The van der Waals surface area contributed by atoms with Crippen LogP contribution in [-0.4, -0.2) is 11.7 Å². The molecule has 0 N–H and O–H groups in total. The number of Topliss-reactive ketones (excluding diaryl/α,β-unsaturated/α-hetero) is 1. The van der Waals surface area contributed by atoms with Crippen molar-refractivity contribution < 1.29 is 9.59 Å². The number of rotatable bonds is 2. The van der Waals surface area contributed by atoms with Gasteiger partial charge in [-0.15, -0.1) is 0 Å². The molecule has 0 aromatic heterocycles. The van der Waals surface area contributed by atoms with E-state index >= 15 is 0 Å². The SMILES string of the molecule is N#Cc1ccccc1N1C(=O)CC(c2ccc(Cl)c(Cl)c2)C2=C1CCCC2=O. The minimum Gasteiger partial charge on any atom is -0.294 e. The van der Waals surface area contributed by atoms with E-state index in [1.54, 1.807) is 41.3 Å². The first-order chi connectivity index (χ1) is 13.5. The molecule has 4 nitrogen and oxygen atoms in total. The maximum atomic E-state index is 13.2. The normalized spacial score (nSPS) is 19.5. The highest BCUT2D eigenvalue weighted by Gasteiger charge is 2.40. The second kappa shape index (κ2) is 7.43. The van der Waals surface area contributed by atoms with E-state index in [0.29, 0.717) is 51.8 Å². The van der Waals surface area contributed by atoms with Crippen molar-refractivity contribution in [2.45, 2.75) is 31.6 Å². The van der Waals surface area contributed by atoms with Gasteiger partial charge in [-0.3, -0.25) is 14.5 Å². The van der Waals surface area contributed by atoms with Gasteiger partial charge in [0.05, 0.1) is 21.3 Å². The summed E-state index contributed by atoms with van der Waals surface area (Å²) in [7, 11) is 0. The van der Waals surface area contributed by atoms with Crippen LogP contribution in [0.2, 0.25) is 10.0 Å². The van der Waals surface area contributed by atoms with Crippen LogP contribution in [0.5, 0.6) is 0 Å². The predicted octanol–water partition coefficient (Wildman–Crippen LogP) is 5.39. The van der Waals surface area contributed by atoms with Crippen LogP contribution < -0.4 is 4.90 Å². The number of allylic oxidation sites excluding steroid dienone is 2. The highest BCUT2D eigenvalue weighted by atomic mass is 35.5. The number of amides is 1. The lowest BCUT2D eigenvalue weighted by atomic mass is 9.77. The molecule has 0 fully saturated rings. The Hall–Kier alpha value is -2.61. The Morgan fingerprint density at radius 1 is 1.04 bits per heavy atom. The van der Waals surface area contributed by atoms with E-state index < -0.39 is 0 Å². The van der Waals surface area contributed by atoms with Gasteiger partial charge in [0.15, 0.2) is 5.78 Å². The fourth-order valence-corrected chi connectivity index (χ4v) is 4.36. The van der Waals surface area contributed by atoms with Crippen LogP contribution in [0.25, 0.3) is 0 Å². The molecule has 6 heteroatoms. The lowest BCUT2D eigenvalue weighted by molar-refractivity contribution is -0.119. The molecule has 2 aromatic rings. The van der Waals surface area contributed by atoms with Gasteiger partial charge in [0, 0.05) is 30.0 Å². The number of nitriles is 1. The maximum Gasteiger partial charge on any atom is 0.232 e. The Bertz CT molecular complexity index is 1070. The fraction of sp³-hybridized carbons (Fsp3) is 0.227. The van der Waals surface area contributed by atoms with Gasteiger partial charge in [-0.2, -0.15) is 5.26 Å². The number of halogens is 2. The van der Waals surface area contributed by atoms with Crippen molar-refractivity contribution in [1.82, 2.24) is 0 Å². The molecule has 1 unspecified atom stereocenters. The number of carbonyl (C=O) groups is 2. The zero-order valence-electron chi connectivity index (χ0n) is 14.9.